The molecule has 0 radical (unpaired) electrons. The van der Waals surface area contributed by atoms with Crippen LogP contribution in [0, 0.1) is 0 Å². The van der Waals surface area contributed by atoms with Gasteiger partial charge in [0.25, 0.3) is 17.7 Å². The molecule has 8 nitrogen and oxygen atoms in total. The summed E-state index contributed by atoms with van der Waals surface area (Å²) in [4.78, 5) is 41.9. The second-order valence-electron chi connectivity index (χ2n) is 6.63. The van der Waals surface area contributed by atoms with Crippen LogP contribution < -0.4 is 10.8 Å². The van der Waals surface area contributed by atoms with Crippen molar-refractivity contribution < 1.29 is 19.6 Å². The second kappa shape index (κ2) is 10.3. The third-order valence-corrected chi connectivity index (χ3v) is 4.64. The Labute approximate surface area is 169 Å². The SMILES string of the molecule is CCCCc1ccc(-c2ccc(C(=O)N(C)C(C(=O)NC)C(=O)NO)cc2)cn1. The number of unbranched alkanes of at least 4 members (excludes halogenated alkanes) is 1. The molecule has 0 aliphatic rings. The first-order chi connectivity index (χ1) is 13.9. The van der Waals surface area contributed by atoms with Crippen LogP contribution in [0.1, 0.15) is 35.8 Å². The minimum Gasteiger partial charge on any atom is -0.357 e. The first-order valence-corrected chi connectivity index (χ1v) is 9.41. The van der Waals surface area contributed by atoms with Gasteiger partial charge >= 0.3 is 0 Å². The minimum atomic E-state index is -1.49. The molecule has 0 bridgehead atoms. The lowest BCUT2D eigenvalue weighted by Gasteiger charge is -2.25. The van der Waals surface area contributed by atoms with Crippen molar-refractivity contribution in [2.45, 2.75) is 32.2 Å². The summed E-state index contributed by atoms with van der Waals surface area (Å²) in [7, 11) is 2.67. The van der Waals surface area contributed by atoms with Gasteiger partial charge in [-0.1, -0.05) is 31.5 Å². The smallest absolute Gasteiger partial charge is 0.275 e. The molecule has 3 N–H and O–H groups in total. The number of amides is 3. The molecule has 29 heavy (non-hydrogen) atoms. The Morgan fingerprint density at radius 1 is 1.07 bits per heavy atom. The van der Waals surface area contributed by atoms with Crippen LogP contribution >= 0.6 is 0 Å². The average Bonchev–Trinajstić information content (AvgIpc) is 2.77. The number of hydrogen-bond acceptors (Lipinski definition) is 5. The lowest BCUT2D eigenvalue weighted by Crippen LogP contribution is -2.54. The van der Waals surface area contributed by atoms with Crippen molar-refractivity contribution in [1.82, 2.24) is 20.7 Å². The Kier molecular flexibility index (Phi) is 7.85. The predicted octanol–water partition coefficient (Wildman–Crippen LogP) is 1.78. The number of nitrogens with one attached hydrogen (secondary N) is 2. The highest BCUT2D eigenvalue weighted by Crippen LogP contribution is 2.20. The minimum absolute atomic E-state index is 0.309. The zero-order chi connectivity index (χ0) is 21.4. The number of carbonyl (C=O) groups excluding carboxylic acids is 3. The molecular formula is C21H26N4O4. The summed E-state index contributed by atoms with van der Waals surface area (Å²) in [6.07, 6.45) is 4.97. The number of benzene rings is 1. The topological polar surface area (TPSA) is 112 Å². The van der Waals surface area contributed by atoms with Gasteiger partial charge in [-0.25, -0.2) is 5.48 Å². The van der Waals surface area contributed by atoms with E-state index in [2.05, 4.69) is 17.2 Å². The van der Waals surface area contributed by atoms with Crippen LogP contribution in [0.5, 0.6) is 0 Å². The summed E-state index contributed by atoms with van der Waals surface area (Å²) in [5.74, 6) is -2.23. The first-order valence-electron chi connectivity index (χ1n) is 9.41. The molecule has 0 spiro atoms. The third kappa shape index (κ3) is 5.39. The van der Waals surface area contributed by atoms with E-state index in [0.717, 1.165) is 41.0 Å². The summed E-state index contributed by atoms with van der Waals surface area (Å²) in [6, 6.07) is 9.31. The van der Waals surface area contributed by atoms with E-state index in [1.54, 1.807) is 30.5 Å². The second-order valence-corrected chi connectivity index (χ2v) is 6.63. The van der Waals surface area contributed by atoms with Crippen LogP contribution in [0.3, 0.4) is 0 Å². The predicted molar refractivity (Wildman–Crippen MR) is 108 cm³/mol. The maximum Gasteiger partial charge on any atom is 0.275 e. The van der Waals surface area contributed by atoms with Gasteiger partial charge in [0.15, 0.2) is 6.04 Å². The Hall–Kier alpha value is -3.26. The first kappa shape index (κ1) is 22.0. The Bertz CT molecular complexity index is 834. The maximum absolute atomic E-state index is 12.7. The number of aromatic nitrogens is 1. The third-order valence-electron chi connectivity index (χ3n) is 4.64. The molecule has 154 valence electrons. The van der Waals surface area contributed by atoms with Crippen molar-refractivity contribution in [2.75, 3.05) is 14.1 Å². The van der Waals surface area contributed by atoms with Gasteiger partial charge in [-0.05, 0) is 36.6 Å². The maximum atomic E-state index is 12.7. The molecule has 0 saturated heterocycles. The van der Waals surface area contributed by atoms with E-state index in [-0.39, 0.29) is 0 Å². The lowest BCUT2D eigenvalue weighted by atomic mass is 10.0. The number of carbonyl (C=O) groups is 3. The van der Waals surface area contributed by atoms with Crippen molar-refractivity contribution in [3.63, 3.8) is 0 Å². The molecule has 2 aromatic rings. The standard InChI is InChI=1S/C21H26N4O4/c1-4-5-6-17-12-11-16(13-23-17)14-7-9-15(10-8-14)21(28)25(3)18(19(26)22-2)20(27)24-29/h7-13,18,29H,4-6H2,1-3H3,(H,22,26)(H,24,27). The Morgan fingerprint density at radius 2 is 1.72 bits per heavy atom. The highest BCUT2D eigenvalue weighted by atomic mass is 16.5. The van der Waals surface area contributed by atoms with Crippen molar-refractivity contribution >= 4 is 17.7 Å². The summed E-state index contributed by atoms with van der Waals surface area (Å²) in [5, 5.41) is 11.2. The molecule has 0 saturated carbocycles. The molecular weight excluding hydrogens is 372 g/mol. The van der Waals surface area contributed by atoms with Crippen molar-refractivity contribution in [3.05, 3.63) is 53.9 Å². The van der Waals surface area contributed by atoms with Gasteiger partial charge in [-0.2, -0.15) is 0 Å². The highest BCUT2D eigenvalue weighted by molar-refractivity contribution is 6.08. The Balaban J connectivity index is 2.17. The van der Waals surface area contributed by atoms with Crippen LogP contribution in [0.25, 0.3) is 11.1 Å². The van der Waals surface area contributed by atoms with Gasteiger partial charge in [-0.3, -0.25) is 24.6 Å². The molecule has 8 heteroatoms. The molecule has 0 aliphatic heterocycles. The average molecular weight is 398 g/mol. The molecule has 1 aromatic heterocycles. The zero-order valence-electron chi connectivity index (χ0n) is 16.8. The number of pyridine rings is 1. The summed E-state index contributed by atoms with van der Waals surface area (Å²) in [6.45, 7) is 2.14. The highest BCUT2D eigenvalue weighted by Gasteiger charge is 2.33. The van der Waals surface area contributed by atoms with Gasteiger partial charge in [0.2, 0.25) is 0 Å². The number of rotatable bonds is 8. The van der Waals surface area contributed by atoms with Crippen LogP contribution in [0.2, 0.25) is 0 Å². The fourth-order valence-electron chi connectivity index (χ4n) is 2.90. The summed E-state index contributed by atoms with van der Waals surface area (Å²) in [5.41, 5.74) is 4.60. The fourth-order valence-corrected chi connectivity index (χ4v) is 2.90. The normalized spacial score (nSPS) is 11.4. The lowest BCUT2D eigenvalue weighted by molar-refractivity contribution is -0.140. The van der Waals surface area contributed by atoms with E-state index >= 15 is 0 Å². The van der Waals surface area contributed by atoms with Crippen LogP contribution in [-0.4, -0.2) is 52.9 Å². The van der Waals surface area contributed by atoms with Crippen molar-refractivity contribution in [3.8, 4) is 11.1 Å². The fraction of sp³-hybridized carbons (Fsp3) is 0.333. The summed E-state index contributed by atoms with van der Waals surface area (Å²) >= 11 is 0. The molecule has 1 atom stereocenters. The molecule has 1 heterocycles. The number of aryl methyl sites for hydroxylation is 1. The quantitative estimate of drug-likeness (QED) is 0.357. The molecule has 1 aromatic carbocycles. The van der Waals surface area contributed by atoms with Gasteiger partial charge in [0, 0.05) is 37.1 Å². The van der Waals surface area contributed by atoms with Crippen LogP contribution in [-0.2, 0) is 16.0 Å². The van der Waals surface area contributed by atoms with E-state index in [9.17, 15) is 14.4 Å². The molecule has 3 amide bonds. The summed E-state index contributed by atoms with van der Waals surface area (Å²) < 4.78 is 0. The monoisotopic (exact) mass is 398 g/mol. The number of nitrogens with zero attached hydrogens (tertiary/aromatic N) is 2. The number of hydrogen-bond donors (Lipinski definition) is 3. The van der Waals surface area contributed by atoms with Crippen molar-refractivity contribution in [1.29, 1.82) is 0 Å². The van der Waals surface area contributed by atoms with E-state index < -0.39 is 23.8 Å². The van der Waals surface area contributed by atoms with Gasteiger partial charge in [0.05, 0.1) is 0 Å². The van der Waals surface area contributed by atoms with Gasteiger partial charge in [-0.15, -0.1) is 0 Å². The van der Waals surface area contributed by atoms with E-state index in [4.69, 9.17) is 5.21 Å². The van der Waals surface area contributed by atoms with E-state index in [0.29, 0.717) is 5.56 Å². The molecule has 2 rings (SSSR count). The number of hydroxylamine groups is 1. The van der Waals surface area contributed by atoms with Gasteiger partial charge in [0.1, 0.15) is 0 Å². The molecule has 0 fully saturated rings. The zero-order valence-corrected chi connectivity index (χ0v) is 16.8. The Morgan fingerprint density at radius 3 is 2.24 bits per heavy atom. The number of likely N-dealkylation sites (N-methyl/N-ethyl adjacent to an activating group) is 2. The van der Waals surface area contributed by atoms with Crippen molar-refractivity contribution in [2.24, 2.45) is 0 Å². The van der Waals surface area contributed by atoms with Crippen LogP contribution in [0.4, 0.5) is 0 Å². The molecule has 1 unspecified atom stereocenters. The van der Waals surface area contributed by atoms with Gasteiger partial charge < -0.3 is 10.2 Å². The van der Waals surface area contributed by atoms with Crippen LogP contribution in [0.15, 0.2) is 42.6 Å². The van der Waals surface area contributed by atoms with E-state index in [1.807, 2.05) is 12.1 Å². The largest absolute Gasteiger partial charge is 0.357 e. The van der Waals surface area contributed by atoms with E-state index in [1.165, 1.54) is 19.6 Å². The molecule has 0 aliphatic carbocycles.